The molecule has 0 bridgehead atoms. The largest absolute Gasteiger partial charge is 0.488 e. The van der Waals surface area contributed by atoms with Crippen molar-refractivity contribution >= 4 is 16.9 Å². The van der Waals surface area contributed by atoms with E-state index in [1.807, 2.05) is 17.8 Å². The molecule has 2 fully saturated rings. The monoisotopic (exact) mass is 302 g/mol. The standard InChI is InChI=1S/C17H22N2OS/c1-4-8-17(9-5-1)12-21-16(19-17)18-11-14-10-13-6-2-3-7-15(13)20-14/h2-3,6-7,14H,1,4-5,8-12H2,(H,18,19). The van der Waals surface area contributed by atoms with Crippen LogP contribution in [0.5, 0.6) is 5.75 Å². The van der Waals surface area contributed by atoms with Crippen LogP contribution in [-0.2, 0) is 6.42 Å². The van der Waals surface area contributed by atoms with E-state index in [-0.39, 0.29) is 6.10 Å². The Balaban J connectivity index is 1.35. The van der Waals surface area contributed by atoms with Crippen molar-refractivity contribution in [1.82, 2.24) is 5.32 Å². The fourth-order valence-corrected chi connectivity index (χ4v) is 4.86. The molecular formula is C17H22N2OS. The van der Waals surface area contributed by atoms with Crippen molar-refractivity contribution in [2.75, 3.05) is 12.3 Å². The van der Waals surface area contributed by atoms with Gasteiger partial charge in [0.25, 0.3) is 0 Å². The Labute approximate surface area is 130 Å². The molecule has 0 aromatic heterocycles. The maximum absolute atomic E-state index is 5.96. The van der Waals surface area contributed by atoms with E-state index in [1.165, 1.54) is 43.4 Å². The summed E-state index contributed by atoms with van der Waals surface area (Å²) in [5.74, 6) is 2.23. The summed E-state index contributed by atoms with van der Waals surface area (Å²) < 4.78 is 5.96. The molecule has 3 aliphatic rings. The zero-order chi connectivity index (χ0) is 14.1. The van der Waals surface area contributed by atoms with E-state index in [4.69, 9.17) is 9.73 Å². The van der Waals surface area contributed by atoms with Gasteiger partial charge in [-0.1, -0.05) is 49.2 Å². The highest BCUT2D eigenvalue weighted by Gasteiger charge is 2.38. The molecule has 0 radical (unpaired) electrons. The van der Waals surface area contributed by atoms with Crippen LogP contribution in [-0.4, -0.2) is 29.1 Å². The predicted molar refractivity (Wildman–Crippen MR) is 88.3 cm³/mol. The predicted octanol–water partition coefficient (Wildman–Crippen LogP) is 3.39. The van der Waals surface area contributed by atoms with E-state index in [1.54, 1.807) is 0 Å². The van der Waals surface area contributed by atoms with Gasteiger partial charge in [-0.3, -0.25) is 4.99 Å². The quantitative estimate of drug-likeness (QED) is 0.909. The highest BCUT2D eigenvalue weighted by atomic mass is 32.2. The second-order valence-corrected chi connectivity index (χ2v) is 7.42. The molecule has 2 aliphatic heterocycles. The second-order valence-electron chi connectivity index (χ2n) is 6.45. The van der Waals surface area contributed by atoms with Crippen LogP contribution in [0.3, 0.4) is 0 Å². The van der Waals surface area contributed by atoms with Crippen LogP contribution >= 0.6 is 11.8 Å². The lowest BCUT2D eigenvalue weighted by Gasteiger charge is -2.32. The molecule has 4 rings (SSSR count). The highest BCUT2D eigenvalue weighted by molar-refractivity contribution is 8.14. The Morgan fingerprint density at radius 1 is 1.24 bits per heavy atom. The number of ether oxygens (including phenoxy) is 1. The summed E-state index contributed by atoms with van der Waals surface area (Å²) in [4.78, 5) is 4.78. The van der Waals surface area contributed by atoms with Gasteiger partial charge in [0.2, 0.25) is 0 Å². The number of thioether (sulfide) groups is 1. The van der Waals surface area contributed by atoms with Gasteiger partial charge < -0.3 is 10.1 Å². The number of aliphatic imine (C=N–C) groups is 1. The van der Waals surface area contributed by atoms with Gasteiger partial charge in [-0.15, -0.1) is 0 Å². The van der Waals surface area contributed by atoms with E-state index in [0.29, 0.717) is 5.54 Å². The molecule has 1 atom stereocenters. The number of rotatable bonds is 2. The van der Waals surface area contributed by atoms with Gasteiger partial charge in [0.1, 0.15) is 11.9 Å². The van der Waals surface area contributed by atoms with Crippen molar-refractivity contribution in [2.45, 2.75) is 50.2 Å². The van der Waals surface area contributed by atoms with Crippen LogP contribution in [0.2, 0.25) is 0 Å². The van der Waals surface area contributed by atoms with E-state index in [2.05, 4.69) is 23.5 Å². The summed E-state index contributed by atoms with van der Waals surface area (Å²) in [6.45, 7) is 0.764. The zero-order valence-electron chi connectivity index (χ0n) is 12.3. The number of nitrogens with zero attached hydrogens (tertiary/aromatic N) is 1. The fourth-order valence-electron chi connectivity index (χ4n) is 3.63. The minimum absolute atomic E-state index is 0.209. The van der Waals surface area contributed by atoms with Crippen molar-refractivity contribution < 1.29 is 4.74 Å². The maximum Gasteiger partial charge on any atom is 0.157 e. The number of fused-ring (bicyclic) bond motifs is 1. The lowest BCUT2D eigenvalue weighted by atomic mass is 9.83. The van der Waals surface area contributed by atoms with Crippen LogP contribution in [0.25, 0.3) is 0 Å². The molecule has 0 amide bonds. The van der Waals surface area contributed by atoms with Gasteiger partial charge in [0.15, 0.2) is 5.17 Å². The van der Waals surface area contributed by atoms with Crippen molar-refractivity contribution in [2.24, 2.45) is 4.99 Å². The normalized spacial score (nSPS) is 28.4. The molecule has 1 aromatic rings. The third-order valence-electron chi connectivity index (χ3n) is 4.82. The minimum atomic E-state index is 0.209. The SMILES string of the molecule is c1ccc2c(c1)CC(CN=C1NC3(CCCCC3)CS1)O2. The summed E-state index contributed by atoms with van der Waals surface area (Å²) in [5.41, 5.74) is 1.67. The van der Waals surface area contributed by atoms with Crippen LogP contribution in [0.15, 0.2) is 29.3 Å². The minimum Gasteiger partial charge on any atom is -0.488 e. The van der Waals surface area contributed by atoms with Gasteiger partial charge in [0, 0.05) is 17.7 Å². The summed E-state index contributed by atoms with van der Waals surface area (Å²) in [5, 5.41) is 4.84. The first-order valence-corrected chi connectivity index (χ1v) is 9.02. The molecule has 1 saturated carbocycles. The van der Waals surface area contributed by atoms with Crippen LogP contribution in [0, 0.1) is 0 Å². The Morgan fingerprint density at radius 2 is 2.10 bits per heavy atom. The van der Waals surface area contributed by atoms with Gasteiger partial charge in [-0.25, -0.2) is 0 Å². The Morgan fingerprint density at radius 3 is 2.95 bits per heavy atom. The molecule has 1 aliphatic carbocycles. The van der Waals surface area contributed by atoms with Crippen LogP contribution in [0.1, 0.15) is 37.7 Å². The van der Waals surface area contributed by atoms with Crippen molar-refractivity contribution in [1.29, 1.82) is 0 Å². The van der Waals surface area contributed by atoms with E-state index < -0.39 is 0 Å². The molecule has 2 heterocycles. The summed E-state index contributed by atoms with van der Waals surface area (Å²) in [6.07, 6.45) is 7.94. The Kier molecular flexibility index (Phi) is 3.57. The summed E-state index contributed by atoms with van der Waals surface area (Å²) >= 11 is 1.90. The van der Waals surface area contributed by atoms with Gasteiger partial charge in [-0.2, -0.15) is 0 Å². The van der Waals surface area contributed by atoms with Gasteiger partial charge in [0.05, 0.1) is 6.54 Å². The molecule has 1 aromatic carbocycles. The number of benzene rings is 1. The van der Waals surface area contributed by atoms with E-state index in [9.17, 15) is 0 Å². The van der Waals surface area contributed by atoms with Crippen molar-refractivity contribution in [3.05, 3.63) is 29.8 Å². The Bertz CT molecular complexity index is 526. The maximum atomic E-state index is 5.96. The number of para-hydroxylation sites is 1. The summed E-state index contributed by atoms with van der Waals surface area (Å²) in [6, 6.07) is 8.33. The molecule has 1 N–H and O–H groups in total. The molecule has 112 valence electrons. The van der Waals surface area contributed by atoms with Crippen molar-refractivity contribution in [3.63, 3.8) is 0 Å². The lowest BCUT2D eigenvalue weighted by molar-refractivity contribution is 0.241. The summed E-state index contributed by atoms with van der Waals surface area (Å²) in [7, 11) is 0. The molecule has 4 heteroatoms. The van der Waals surface area contributed by atoms with E-state index >= 15 is 0 Å². The van der Waals surface area contributed by atoms with Crippen molar-refractivity contribution in [3.8, 4) is 5.75 Å². The smallest absolute Gasteiger partial charge is 0.157 e. The fraction of sp³-hybridized carbons (Fsp3) is 0.588. The first kappa shape index (κ1) is 13.5. The van der Waals surface area contributed by atoms with E-state index in [0.717, 1.165) is 23.9 Å². The lowest BCUT2D eigenvalue weighted by Crippen LogP contribution is -2.45. The topological polar surface area (TPSA) is 33.6 Å². The molecule has 1 unspecified atom stereocenters. The zero-order valence-corrected chi connectivity index (χ0v) is 13.1. The molecule has 1 spiro atoms. The molecular weight excluding hydrogens is 280 g/mol. The van der Waals surface area contributed by atoms with Gasteiger partial charge >= 0.3 is 0 Å². The number of hydrogen-bond donors (Lipinski definition) is 1. The second kappa shape index (κ2) is 5.56. The molecule has 3 nitrogen and oxygen atoms in total. The number of amidine groups is 1. The number of nitrogens with one attached hydrogen (secondary N) is 1. The average molecular weight is 302 g/mol. The average Bonchev–Trinajstić information content (AvgIpc) is 3.10. The first-order chi connectivity index (χ1) is 10.3. The Hall–Kier alpha value is -1.16. The van der Waals surface area contributed by atoms with Crippen LogP contribution in [0.4, 0.5) is 0 Å². The van der Waals surface area contributed by atoms with Crippen LogP contribution < -0.4 is 10.1 Å². The molecule has 21 heavy (non-hydrogen) atoms. The third-order valence-corrected chi connectivity index (χ3v) is 6.02. The third kappa shape index (κ3) is 2.78. The van der Waals surface area contributed by atoms with Gasteiger partial charge in [-0.05, 0) is 24.5 Å². The first-order valence-electron chi connectivity index (χ1n) is 8.03. The number of hydrogen-bond acceptors (Lipinski definition) is 3. The highest BCUT2D eigenvalue weighted by Crippen LogP contribution is 2.36. The molecule has 1 saturated heterocycles.